The molecule has 2 aromatic rings. The molecule has 0 saturated carbocycles. The van der Waals surface area contributed by atoms with Gasteiger partial charge in [0, 0.05) is 24.0 Å². The summed E-state index contributed by atoms with van der Waals surface area (Å²) in [4.78, 5) is 16.3. The summed E-state index contributed by atoms with van der Waals surface area (Å²) in [5, 5.41) is 2.90. The third kappa shape index (κ3) is 4.55. The highest BCUT2D eigenvalue weighted by atomic mass is 35.5. The summed E-state index contributed by atoms with van der Waals surface area (Å²) < 4.78 is 0. The molecule has 0 fully saturated rings. The van der Waals surface area contributed by atoms with E-state index in [0.717, 1.165) is 5.69 Å². The van der Waals surface area contributed by atoms with Crippen LogP contribution in [0.15, 0.2) is 42.6 Å². The van der Waals surface area contributed by atoms with Crippen molar-refractivity contribution in [3.8, 4) is 0 Å². The standard InChI is InChI=1S/C16H19N3O.ClH/c1-11(2)12-4-3-5-14(8-12)19-16(20)13-6-7-18-15(9-13)10-17;/h3-9,11H,10,17H2,1-2H3,(H,19,20);1H. The highest BCUT2D eigenvalue weighted by Gasteiger charge is 2.08. The molecule has 0 aliphatic carbocycles. The largest absolute Gasteiger partial charge is 0.325 e. The normalized spacial score (nSPS) is 10.1. The second kappa shape index (κ2) is 7.76. The van der Waals surface area contributed by atoms with Gasteiger partial charge in [0.2, 0.25) is 0 Å². The summed E-state index contributed by atoms with van der Waals surface area (Å²) >= 11 is 0. The average Bonchev–Trinajstić information content (AvgIpc) is 2.47. The van der Waals surface area contributed by atoms with E-state index in [1.165, 1.54) is 5.56 Å². The van der Waals surface area contributed by atoms with Crippen molar-refractivity contribution in [2.75, 3.05) is 5.32 Å². The number of halogens is 1. The van der Waals surface area contributed by atoms with Crippen molar-refractivity contribution >= 4 is 24.0 Å². The Morgan fingerprint density at radius 2 is 2.05 bits per heavy atom. The van der Waals surface area contributed by atoms with Gasteiger partial charge >= 0.3 is 0 Å². The predicted molar refractivity (Wildman–Crippen MR) is 87.9 cm³/mol. The Kier molecular flexibility index (Phi) is 6.34. The zero-order chi connectivity index (χ0) is 14.5. The van der Waals surface area contributed by atoms with E-state index in [4.69, 9.17) is 5.73 Å². The van der Waals surface area contributed by atoms with Gasteiger partial charge < -0.3 is 11.1 Å². The van der Waals surface area contributed by atoms with Crippen LogP contribution in [0.3, 0.4) is 0 Å². The van der Waals surface area contributed by atoms with Crippen LogP contribution in [0.2, 0.25) is 0 Å². The molecular formula is C16H20ClN3O. The molecule has 112 valence electrons. The molecule has 1 heterocycles. The number of nitrogens with zero attached hydrogens (tertiary/aromatic N) is 1. The number of pyridine rings is 1. The second-order valence-electron chi connectivity index (χ2n) is 4.97. The number of carbonyl (C=O) groups excluding carboxylic acids is 1. The second-order valence-corrected chi connectivity index (χ2v) is 4.97. The Labute approximate surface area is 131 Å². The first-order valence-electron chi connectivity index (χ1n) is 6.66. The zero-order valence-corrected chi connectivity index (χ0v) is 13.0. The number of nitrogens with two attached hydrogens (primary N) is 1. The first-order chi connectivity index (χ1) is 9.60. The van der Waals surface area contributed by atoms with E-state index in [0.29, 0.717) is 23.7 Å². The monoisotopic (exact) mass is 305 g/mol. The molecule has 0 saturated heterocycles. The summed E-state index contributed by atoms with van der Waals surface area (Å²) in [6.07, 6.45) is 1.60. The molecule has 0 radical (unpaired) electrons. The summed E-state index contributed by atoms with van der Waals surface area (Å²) in [5.74, 6) is 0.277. The highest BCUT2D eigenvalue weighted by Crippen LogP contribution is 2.19. The van der Waals surface area contributed by atoms with Gasteiger partial charge in [-0.05, 0) is 35.7 Å². The van der Waals surface area contributed by atoms with Crippen LogP contribution in [0.25, 0.3) is 0 Å². The van der Waals surface area contributed by atoms with Gasteiger partial charge in [-0.25, -0.2) is 0 Å². The molecule has 0 aliphatic rings. The van der Waals surface area contributed by atoms with Gasteiger partial charge in [0.05, 0.1) is 5.69 Å². The highest BCUT2D eigenvalue weighted by molar-refractivity contribution is 6.04. The molecule has 5 heteroatoms. The topological polar surface area (TPSA) is 68.0 Å². The molecule has 4 nitrogen and oxygen atoms in total. The SMILES string of the molecule is CC(C)c1cccc(NC(=O)c2ccnc(CN)c2)c1.Cl. The zero-order valence-electron chi connectivity index (χ0n) is 12.2. The Morgan fingerprint density at radius 3 is 2.71 bits per heavy atom. The van der Waals surface area contributed by atoms with Gasteiger partial charge in [0.25, 0.3) is 5.91 Å². The van der Waals surface area contributed by atoms with Crippen LogP contribution in [0.5, 0.6) is 0 Å². The summed E-state index contributed by atoms with van der Waals surface area (Å²) in [7, 11) is 0. The number of carbonyl (C=O) groups is 1. The fourth-order valence-corrected chi connectivity index (χ4v) is 1.91. The molecule has 0 bridgehead atoms. The number of hydrogen-bond donors (Lipinski definition) is 2. The number of anilines is 1. The minimum atomic E-state index is -0.150. The van der Waals surface area contributed by atoms with E-state index < -0.39 is 0 Å². The van der Waals surface area contributed by atoms with Crippen LogP contribution in [-0.2, 0) is 6.54 Å². The maximum atomic E-state index is 12.2. The summed E-state index contributed by atoms with van der Waals surface area (Å²) in [6, 6.07) is 11.3. The van der Waals surface area contributed by atoms with E-state index in [1.807, 2.05) is 18.2 Å². The van der Waals surface area contributed by atoms with Crippen LogP contribution in [0, 0.1) is 0 Å². The number of amides is 1. The van der Waals surface area contributed by atoms with Gasteiger partial charge in [-0.1, -0.05) is 26.0 Å². The van der Waals surface area contributed by atoms with Crippen LogP contribution in [-0.4, -0.2) is 10.9 Å². The number of aromatic nitrogens is 1. The summed E-state index contributed by atoms with van der Waals surface area (Å²) in [6.45, 7) is 4.57. The lowest BCUT2D eigenvalue weighted by Gasteiger charge is -2.10. The molecule has 0 unspecified atom stereocenters. The molecule has 21 heavy (non-hydrogen) atoms. The molecule has 0 spiro atoms. The number of rotatable bonds is 4. The molecule has 0 aliphatic heterocycles. The van der Waals surface area contributed by atoms with E-state index >= 15 is 0 Å². The molecule has 1 amide bonds. The van der Waals surface area contributed by atoms with E-state index in [9.17, 15) is 4.79 Å². The van der Waals surface area contributed by atoms with Crippen molar-refractivity contribution in [3.63, 3.8) is 0 Å². The van der Waals surface area contributed by atoms with Gasteiger partial charge in [-0.2, -0.15) is 0 Å². The maximum absolute atomic E-state index is 12.2. The van der Waals surface area contributed by atoms with Crippen molar-refractivity contribution in [2.24, 2.45) is 5.73 Å². The minimum Gasteiger partial charge on any atom is -0.325 e. The quantitative estimate of drug-likeness (QED) is 0.910. The number of hydrogen-bond acceptors (Lipinski definition) is 3. The first-order valence-corrected chi connectivity index (χ1v) is 6.66. The molecule has 3 N–H and O–H groups in total. The molecular weight excluding hydrogens is 286 g/mol. The van der Waals surface area contributed by atoms with E-state index in [-0.39, 0.29) is 18.3 Å². The fraction of sp³-hybridized carbons (Fsp3) is 0.250. The van der Waals surface area contributed by atoms with Gasteiger partial charge in [-0.15, -0.1) is 12.4 Å². The lowest BCUT2D eigenvalue weighted by molar-refractivity contribution is 0.102. The lowest BCUT2D eigenvalue weighted by atomic mass is 10.0. The van der Waals surface area contributed by atoms with Crippen LogP contribution in [0.1, 0.15) is 41.4 Å². The van der Waals surface area contributed by atoms with Crippen molar-refractivity contribution in [1.82, 2.24) is 4.98 Å². The van der Waals surface area contributed by atoms with Crippen LogP contribution in [0.4, 0.5) is 5.69 Å². The molecule has 0 atom stereocenters. The van der Waals surface area contributed by atoms with E-state index in [1.54, 1.807) is 18.3 Å². The Hall–Kier alpha value is -1.91. The Bertz CT molecular complexity index is 614. The molecule has 1 aromatic carbocycles. The van der Waals surface area contributed by atoms with E-state index in [2.05, 4.69) is 30.2 Å². The Balaban J connectivity index is 0.00000220. The van der Waals surface area contributed by atoms with Crippen molar-refractivity contribution in [1.29, 1.82) is 0 Å². The number of benzene rings is 1. The van der Waals surface area contributed by atoms with Crippen LogP contribution < -0.4 is 11.1 Å². The molecule has 2 rings (SSSR count). The smallest absolute Gasteiger partial charge is 0.255 e. The Morgan fingerprint density at radius 1 is 1.29 bits per heavy atom. The maximum Gasteiger partial charge on any atom is 0.255 e. The first kappa shape index (κ1) is 17.1. The minimum absolute atomic E-state index is 0. The lowest BCUT2D eigenvalue weighted by Crippen LogP contribution is -2.13. The third-order valence-corrected chi connectivity index (χ3v) is 3.10. The number of nitrogens with one attached hydrogen (secondary N) is 1. The third-order valence-electron chi connectivity index (χ3n) is 3.10. The van der Waals surface area contributed by atoms with Gasteiger partial charge in [0.1, 0.15) is 0 Å². The van der Waals surface area contributed by atoms with Crippen LogP contribution >= 0.6 is 12.4 Å². The predicted octanol–water partition coefficient (Wildman–Crippen LogP) is 3.34. The fourth-order valence-electron chi connectivity index (χ4n) is 1.91. The van der Waals surface area contributed by atoms with Crippen molar-refractivity contribution in [2.45, 2.75) is 26.3 Å². The molecule has 1 aromatic heterocycles. The summed E-state index contributed by atoms with van der Waals surface area (Å²) in [5.41, 5.74) is 8.79. The van der Waals surface area contributed by atoms with Gasteiger partial charge in [0.15, 0.2) is 0 Å². The average molecular weight is 306 g/mol. The van der Waals surface area contributed by atoms with Crippen molar-refractivity contribution < 1.29 is 4.79 Å². The van der Waals surface area contributed by atoms with Crippen molar-refractivity contribution in [3.05, 3.63) is 59.4 Å². The van der Waals surface area contributed by atoms with Gasteiger partial charge in [-0.3, -0.25) is 9.78 Å².